The summed E-state index contributed by atoms with van der Waals surface area (Å²) < 4.78 is 27.5. The lowest BCUT2D eigenvalue weighted by molar-refractivity contribution is 0.372. The Balaban J connectivity index is 2.19. The van der Waals surface area contributed by atoms with E-state index in [4.69, 9.17) is 17.3 Å². The van der Waals surface area contributed by atoms with Crippen molar-refractivity contribution in [1.29, 1.82) is 0 Å². The lowest BCUT2D eigenvalue weighted by Gasteiger charge is -2.18. The Labute approximate surface area is 125 Å². The van der Waals surface area contributed by atoms with Crippen LogP contribution < -0.4 is 10.5 Å². The first-order valence-corrected chi connectivity index (χ1v) is 8.60. The number of hydrogen-bond donors (Lipinski definition) is 2. The number of halogens is 1. The van der Waals surface area contributed by atoms with Crippen LogP contribution in [0.4, 0.5) is 0 Å². The first kappa shape index (κ1) is 15.8. The molecule has 4 nitrogen and oxygen atoms in total. The van der Waals surface area contributed by atoms with Crippen molar-refractivity contribution in [2.45, 2.75) is 50.6 Å². The fraction of sp³-hybridized carbons (Fsp3) is 0.571. The fourth-order valence-electron chi connectivity index (χ4n) is 2.71. The zero-order chi connectivity index (χ0) is 15.0. The van der Waals surface area contributed by atoms with Crippen molar-refractivity contribution in [1.82, 2.24) is 4.72 Å². The summed E-state index contributed by atoms with van der Waals surface area (Å²) in [5.41, 5.74) is 6.53. The van der Waals surface area contributed by atoms with Gasteiger partial charge in [0.25, 0.3) is 0 Å². The molecule has 2 rings (SSSR count). The first-order valence-electron chi connectivity index (χ1n) is 6.74. The molecule has 1 aliphatic rings. The van der Waals surface area contributed by atoms with Crippen LogP contribution in [-0.2, 0) is 16.6 Å². The zero-order valence-electron chi connectivity index (χ0n) is 11.8. The second-order valence-corrected chi connectivity index (χ2v) is 8.28. The molecule has 1 unspecified atom stereocenters. The minimum absolute atomic E-state index is 0.0137. The molecule has 1 atom stereocenters. The highest BCUT2D eigenvalue weighted by atomic mass is 35.5. The molecule has 1 aromatic carbocycles. The topological polar surface area (TPSA) is 72.2 Å². The van der Waals surface area contributed by atoms with Crippen molar-refractivity contribution in [3.05, 3.63) is 28.8 Å². The van der Waals surface area contributed by atoms with Gasteiger partial charge in [-0.05, 0) is 42.4 Å². The van der Waals surface area contributed by atoms with Gasteiger partial charge in [0.15, 0.2) is 0 Å². The second kappa shape index (κ2) is 5.64. The van der Waals surface area contributed by atoms with E-state index in [0.717, 1.165) is 24.8 Å². The molecule has 1 aromatic rings. The Hall–Kier alpha value is -0.620. The number of rotatable bonds is 4. The summed E-state index contributed by atoms with van der Waals surface area (Å²) >= 11 is 6.06. The first-order chi connectivity index (χ1) is 9.23. The summed E-state index contributed by atoms with van der Waals surface area (Å²) in [7, 11) is -3.57. The van der Waals surface area contributed by atoms with Gasteiger partial charge in [-0.3, -0.25) is 0 Å². The van der Waals surface area contributed by atoms with Gasteiger partial charge in [0.2, 0.25) is 10.0 Å². The average molecular weight is 317 g/mol. The number of hydrogen-bond acceptors (Lipinski definition) is 3. The van der Waals surface area contributed by atoms with Gasteiger partial charge < -0.3 is 5.73 Å². The fourth-order valence-corrected chi connectivity index (χ4v) is 4.55. The number of benzene rings is 1. The molecule has 112 valence electrons. The SMILES string of the molecule is CC1(C)CCC(NS(=O)(=O)c2ccc(CN)cc2Cl)C1. The summed E-state index contributed by atoms with van der Waals surface area (Å²) in [6.45, 7) is 4.65. The maximum atomic E-state index is 12.4. The Morgan fingerprint density at radius 3 is 2.65 bits per heavy atom. The molecule has 0 spiro atoms. The molecular weight excluding hydrogens is 296 g/mol. The van der Waals surface area contributed by atoms with Gasteiger partial charge in [-0.25, -0.2) is 13.1 Å². The second-order valence-electron chi connectivity index (χ2n) is 6.19. The molecule has 0 amide bonds. The van der Waals surface area contributed by atoms with Gasteiger partial charge in [-0.2, -0.15) is 0 Å². The van der Waals surface area contributed by atoms with E-state index in [1.807, 2.05) is 0 Å². The van der Waals surface area contributed by atoms with Crippen molar-refractivity contribution in [3.8, 4) is 0 Å². The molecule has 0 bridgehead atoms. The van der Waals surface area contributed by atoms with Crippen molar-refractivity contribution >= 4 is 21.6 Å². The number of sulfonamides is 1. The van der Waals surface area contributed by atoms with E-state index >= 15 is 0 Å². The highest BCUT2D eigenvalue weighted by Gasteiger charge is 2.33. The van der Waals surface area contributed by atoms with Crippen LogP contribution >= 0.6 is 11.6 Å². The lowest BCUT2D eigenvalue weighted by Crippen LogP contribution is -2.33. The largest absolute Gasteiger partial charge is 0.326 e. The van der Waals surface area contributed by atoms with E-state index in [1.165, 1.54) is 6.07 Å². The van der Waals surface area contributed by atoms with Crippen molar-refractivity contribution in [2.75, 3.05) is 0 Å². The standard InChI is InChI=1S/C14H21ClN2O2S/c1-14(2)6-5-11(8-14)17-20(18,19)13-4-3-10(9-16)7-12(13)15/h3-4,7,11,17H,5-6,8-9,16H2,1-2H3. The molecule has 0 heterocycles. The van der Waals surface area contributed by atoms with E-state index in [2.05, 4.69) is 18.6 Å². The van der Waals surface area contributed by atoms with Crippen molar-refractivity contribution in [3.63, 3.8) is 0 Å². The molecule has 3 N–H and O–H groups in total. The van der Waals surface area contributed by atoms with Gasteiger partial charge >= 0.3 is 0 Å². The summed E-state index contributed by atoms with van der Waals surface area (Å²) in [5.74, 6) is 0. The highest BCUT2D eigenvalue weighted by Crippen LogP contribution is 2.37. The maximum Gasteiger partial charge on any atom is 0.242 e. The van der Waals surface area contributed by atoms with Crippen LogP contribution in [0.5, 0.6) is 0 Å². The normalized spacial score (nSPS) is 22.1. The third-order valence-electron chi connectivity index (χ3n) is 3.81. The lowest BCUT2D eigenvalue weighted by atomic mass is 9.92. The van der Waals surface area contributed by atoms with E-state index in [1.54, 1.807) is 12.1 Å². The summed E-state index contributed by atoms with van der Waals surface area (Å²) in [4.78, 5) is 0.126. The van der Waals surface area contributed by atoms with Gasteiger partial charge in [0.1, 0.15) is 4.90 Å². The van der Waals surface area contributed by atoms with E-state index in [9.17, 15) is 8.42 Å². The van der Waals surface area contributed by atoms with Crippen LogP contribution in [-0.4, -0.2) is 14.5 Å². The van der Waals surface area contributed by atoms with Crippen LogP contribution in [0.3, 0.4) is 0 Å². The molecule has 1 aliphatic carbocycles. The monoisotopic (exact) mass is 316 g/mol. The molecule has 6 heteroatoms. The van der Waals surface area contributed by atoms with Gasteiger partial charge in [0.05, 0.1) is 5.02 Å². The van der Waals surface area contributed by atoms with Gasteiger partial charge in [-0.15, -0.1) is 0 Å². The number of nitrogens with one attached hydrogen (secondary N) is 1. The molecule has 0 aliphatic heterocycles. The third kappa shape index (κ3) is 3.52. The maximum absolute atomic E-state index is 12.4. The molecule has 0 aromatic heterocycles. The molecule has 20 heavy (non-hydrogen) atoms. The van der Waals surface area contributed by atoms with Crippen LogP contribution in [0.15, 0.2) is 23.1 Å². The quantitative estimate of drug-likeness (QED) is 0.897. The minimum Gasteiger partial charge on any atom is -0.326 e. The molecule has 1 fully saturated rings. The Morgan fingerprint density at radius 1 is 1.45 bits per heavy atom. The summed E-state index contributed by atoms with van der Waals surface area (Å²) in [6.07, 6.45) is 2.75. The van der Waals surface area contributed by atoms with Gasteiger partial charge in [-0.1, -0.05) is 31.5 Å². The smallest absolute Gasteiger partial charge is 0.242 e. The Morgan fingerprint density at radius 2 is 2.15 bits per heavy atom. The third-order valence-corrected chi connectivity index (χ3v) is 5.82. The highest BCUT2D eigenvalue weighted by molar-refractivity contribution is 7.89. The summed E-state index contributed by atoms with van der Waals surface area (Å²) in [5, 5.41) is 0.220. The predicted octanol–water partition coefficient (Wildman–Crippen LogP) is 2.66. The van der Waals surface area contributed by atoms with E-state index < -0.39 is 10.0 Å². The molecule has 1 saturated carbocycles. The minimum atomic E-state index is -3.57. The summed E-state index contributed by atoms with van der Waals surface area (Å²) in [6, 6.07) is 4.81. The van der Waals surface area contributed by atoms with Crippen molar-refractivity contribution < 1.29 is 8.42 Å². The van der Waals surface area contributed by atoms with Crippen LogP contribution in [0, 0.1) is 5.41 Å². The van der Waals surface area contributed by atoms with Gasteiger partial charge in [0, 0.05) is 12.6 Å². The Bertz CT molecular complexity index is 599. The van der Waals surface area contributed by atoms with Crippen LogP contribution in [0.25, 0.3) is 0 Å². The van der Waals surface area contributed by atoms with Crippen LogP contribution in [0.1, 0.15) is 38.7 Å². The molecule has 0 radical (unpaired) electrons. The van der Waals surface area contributed by atoms with Crippen molar-refractivity contribution in [2.24, 2.45) is 11.1 Å². The Kier molecular flexibility index (Phi) is 4.44. The molecular formula is C14H21ClN2O2S. The van der Waals surface area contributed by atoms with Crippen LogP contribution in [0.2, 0.25) is 5.02 Å². The van der Waals surface area contributed by atoms with E-state index in [-0.39, 0.29) is 21.4 Å². The predicted molar refractivity (Wildman–Crippen MR) is 81.1 cm³/mol. The number of nitrogens with two attached hydrogens (primary N) is 1. The molecule has 0 saturated heterocycles. The zero-order valence-corrected chi connectivity index (χ0v) is 13.4. The average Bonchev–Trinajstić information content (AvgIpc) is 2.67. The van der Waals surface area contributed by atoms with E-state index in [0.29, 0.717) is 6.54 Å².